The fraction of sp³-hybridized carbons (Fsp3) is 0. The minimum atomic E-state index is 1.24. The normalized spacial score (nSPS) is 11.7. The lowest BCUT2D eigenvalue weighted by Crippen LogP contribution is -1.91. The van der Waals surface area contributed by atoms with E-state index in [9.17, 15) is 0 Å². The zero-order valence-corrected chi connectivity index (χ0v) is 50.5. The van der Waals surface area contributed by atoms with Gasteiger partial charge >= 0.3 is 0 Å². The first kappa shape index (κ1) is 53.1. The van der Waals surface area contributed by atoms with Gasteiger partial charge in [0.2, 0.25) is 0 Å². The molecule has 19 rings (SSSR count). The van der Waals surface area contributed by atoms with Crippen molar-refractivity contribution in [1.82, 2.24) is 0 Å². The third kappa shape index (κ3) is 8.83. The molecule has 0 bridgehead atoms. The Labute approximate surface area is 533 Å². The van der Waals surface area contributed by atoms with Crippen LogP contribution in [0, 0.1) is 0 Å². The van der Waals surface area contributed by atoms with Crippen LogP contribution in [-0.4, -0.2) is 0 Å². The summed E-state index contributed by atoms with van der Waals surface area (Å²) in [5, 5.41) is 28.0. The number of fused-ring (bicyclic) bond motifs is 12. The fourth-order valence-corrected chi connectivity index (χ4v) is 15.3. The highest BCUT2D eigenvalue weighted by molar-refractivity contribution is 6.26. The Bertz CT molecular complexity index is 6070. The van der Waals surface area contributed by atoms with Gasteiger partial charge in [0.05, 0.1) is 0 Å². The van der Waals surface area contributed by atoms with E-state index in [1.807, 2.05) is 0 Å². The predicted molar refractivity (Wildman–Crippen MR) is 398 cm³/mol. The first-order valence-corrected chi connectivity index (χ1v) is 32.0. The zero-order valence-electron chi connectivity index (χ0n) is 50.5. The monoisotopic (exact) mass is 1160 g/mol. The minimum absolute atomic E-state index is 1.24. The molecule has 0 amide bonds. The minimum Gasteiger partial charge on any atom is -0.0616 e. The topological polar surface area (TPSA) is 0 Å². The van der Waals surface area contributed by atoms with Crippen molar-refractivity contribution < 1.29 is 0 Å². The predicted octanol–water partition coefficient (Wildman–Crippen LogP) is 26.1. The van der Waals surface area contributed by atoms with Gasteiger partial charge in [-0.2, -0.15) is 0 Å². The van der Waals surface area contributed by atoms with Crippen LogP contribution in [-0.2, 0) is 0 Å². The van der Waals surface area contributed by atoms with Gasteiger partial charge in [-0.1, -0.05) is 322 Å². The Kier molecular flexibility index (Phi) is 12.7. The molecule has 0 fully saturated rings. The second-order valence-electron chi connectivity index (χ2n) is 24.5. The summed E-state index contributed by atoms with van der Waals surface area (Å²) in [7, 11) is 0. The van der Waals surface area contributed by atoms with Gasteiger partial charge in [-0.3, -0.25) is 0 Å². The van der Waals surface area contributed by atoms with Crippen molar-refractivity contribution in [2.45, 2.75) is 0 Å². The molecule has 0 radical (unpaired) electrons. The van der Waals surface area contributed by atoms with Gasteiger partial charge in [0.25, 0.3) is 0 Å². The second kappa shape index (κ2) is 22.0. The van der Waals surface area contributed by atoms with Gasteiger partial charge in [-0.05, 0) is 216 Å². The van der Waals surface area contributed by atoms with Gasteiger partial charge in [0, 0.05) is 0 Å². The molecule has 19 aromatic rings. The maximum absolute atomic E-state index is 2.40. The molecule has 0 saturated heterocycles. The van der Waals surface area contributed by atoms with Crippen molar-refractivity contribution in [2.75, 3.05) is 0 Å². The molecular formula is C92H58. The smallest absolute Gasteiger partial charge is 0.00201 e. The summed E-state index contributed by atoms with van der Waals surface area (Å²) in [6.07, 6.45) is 0. The zero-order chi connectivity index (χ0) is 60.6. The van der Waals surface area contributed by atoms with Crippen molar-refractivity contribution in [3.8, 4) is 66.8 Å². The lowest BCUT2D eigenvalue weighted by atomic mass is 9.84. The highest BCUT2D eigenvalue weighted by atomic mass is 14.2. The van der Waals surface area contributed by atoms with E-state index in [0.717, 1.165) is 0 Å². The van der Waals surface area contributed by atoms with E-state index in [1.54, 1.807) is 0 Å². The van der Waals surface area contributed by atoms with Crippen LogP contribution in [0.4, 0.5) is 0 Å². The molecule has 92 heavy (non-hydrogen) atoms. The van der Waals surface area contributed by atoms with Crippen molar-refractivity contribution in [3.63, 3.8) is 0 Å². The quantitative estimate of drug-likeness (QED) is 0.115. The van der Waals surface area contributed by atoms with Crippen molar-refractivity contribution in [2.24, 2.45) is 0 Å². The summed E-state index contributed by atoms with van der Waals surface area (Å²) in [6, 6.07) is 129. The number of rotatable bonds is 6. The molecule has 426 valence electrons. The van der Waals surface area contributed by atoms with E-state index < -0.39 is 0 Å². The molecule has 0 aliphatic heterocycles. The van der Waals surface area contributed by atoms with Gasteiger partial charge in [0.15, 0.2) is 0 Å². The van der Waals surface area contributed by atoms with Crippen molar-refractivity contribution in [3.05, 3.63) is 352 Å². The Balaban J connectivity index is 0.000000136. The molecule has 0 spiro atoms. The third-order valence-electron chi connectivity index (χ3n) is 19.4. The van der Waals surface area contributed by atoms with Crippen molar-refractivity contribution >= 4 is 118 Å². The lowest BCUT2D eigenvalue weighted by Gasteiger charge is -2.19. The van der Waals surface area contributed by atoms with Gasteiger partial charge in [0.1, 0.15) is 0 Å². The average Bonchev–Trinajstić information content (AvgIpc) is 1.05. The largest absolute Gasteiger partial charge is 0.0616 e. The van der Waals surface area contributed by atoms with Crippen molar-refractivity contribution in [1.29, 1.82) is 0 Å². The molecule has 0 nitrogen and oxygen atoms in total. The van der Waals surface area contributed by atoms with E-state index in [0.29, 0.717) is 0 Å². The molecule has 0 aromatic heterocycles. The number of hydrogen-bond donors (Lipinski definition) is 0. The highest BCUT2D eigenvalue weighted by Crippen LogP contribution is 2.49. The summed E-state index contributed by atoms with van der Waals surface area (Å²) in [4.78, 5) is 0. The van der Waals surface area contributed by atoms with Crippen LogP contribution in [0.15, 0.2) is 352 Å². The van der Waals surface area contributed by atoms with E-state index in [1.165, 1.54) is 185 Å². The van der Waals surface area contributed by atoms with Gasteiger partial charge < -0.3 is 0 Å². The van der Waals surface area contributed by atoms with Crippen LogP contribution in [0.3, 0.4) is 0 Å². The first-order chi connectivity index (χ1) is 45.6. The van der Waals surface area contributed by atoms with Gasteiger partial charge in [-0.25, -0.2) is 0 Å². The Morgan fingerprint density at radius 1 is 0.109 bits per heavy atom. The molecule has 0 aliphatic carbocycles. The van der Waals surface area contributed by atoms with E-state index in [4.69, 9.17) is 0 Å². The summed E-state index contributed by atoms with van der Waals surface area (Å²) < 4.78 is 0. The summed E-state index contributed by atoms with van der Waals surface area (Å²) in [6.45, 7) is 0. The van der Waals surface area contributed by atoms with Crippen LogP contribution in [0.1, 0.15) is 0 Å². The van der Waals surface area contributed by atoms with E-state index in [-0.39, 0.29) is 0 Å². The molecule has 19 aromatic carbocycles. The molecule has 0 N–H and O–H groups in total. The summed E-state index contributed by atoms with van der Waals surface area (Å²) in [5.41, 5.74) is 15.2. The van der Waals surface area contributed by atoms with Crippen LogP contribution in [0.5, 0.6) is 0 Å². The molecular weight excluding hydrogens is 1110 g/mol. The van der Waals surface area contributed by atoms with Crippen LogP contribution in [0.25, 0.3) is 185 Å². The number of hydrogen-bond acceptors (Lipinski definition) is 0. The summed E-state index contributed by atoms with van der Waals surface area (Å²) >= 11 is 0. The Morgan fingerprint density at radius 2 is 0.380 bits per heavy atom. The van der Waals surface area contributed by atoms with Crippen LogP contribution >= 0.6 is 0 Å². The molecule has 0 unspecified atom stereocenters. The molecule has 0 atom stereocenters. The molecule has 0 heterocycles. The molecule has 0 heteroatoms. The van der Waals surface area contributed by atoms with E-state index in [2.05, 4.69) is 352 Å². The standard InChI is InChI=1S/C48H30.C44H28/c1-3-15-37-32(12-1)14-11-23-41(37)48-44-21-9-7-19-42(44)47(43-20-8-10-22-45(43)48)35-27-25-31-24-26-34(28-36(31)29-35)46-30-33-13-2-4-16-38(33)39-17-5-6-18-40(39)46;1-3-15-35-30(11-1)13-9-21-37(35)32-25-23-29-24-26-33(28-34(29)27-32)43-39-17-5-7-19-41(39)44(42-20-8-6-18-40(42)43)38-22-10-14-31-12-2-4-16-36(31)38/h1-30H;1-28H. The average molecular weight is 1160 g/mol. The van der Waals surface area contributed by atoms with E-state index >= 15 is 0 Å². The SMILES string of the molecule is c1ccc2c(-c3c4ccccc4c(-c4ccc5ccc(-c6cc7ccccc7c7ccccc67)cc5c4)c4ccccc34)cccc2c1.c1ccc2c(-c3ccc4ccc(-c5c6ccccc6c(-c6cccc7ccccc67)c6ccccc56)cc4c3)cccc2c1. The van der Waals surface area contributed by atoms with Crippen LogP contribution < -0.4 is 0 Å². The second-order valence-corrected chi connectivity index (χ2v) is 24.5. The highest BCUT2D eigenvalue weighted by Gasteiger charge is 2.21. The Hall–Kier alpha value is -12.0. The number of benzene rings is 19. The Morgan fingerprint density at radius 3 is 0.793 bits per heavy atom. The fourth-order valence-electron chi connectivity index (χ4n) is 15.3. The summed E-state index contributed by atoms with van der Waals surface area (Å²) in [5.74, 6) is 0. The van der Waals surface area contributed by atoms with Gasteiger partial charge in [-0.15, -0.1) is 0 Å². The maximum atomic E-state index is 2.40. The lowest BCUT2D eigenvalue weighted by molar-refractivity contribution is 1.66. The maximum Gasteiger partial charge on any atom is -0.00201 e. The molecule has 0 saturated carbocycles. The van der Waals surface area contributed by atoms with Crippen LogP contribution in [0.2, 0.25) is 0 Å². The third-order valence-corrected chi connectivity index (χ3v) is 19.4. The molecule has 0 aliphatic rings. The first-order valence-electron chi connectivity index (χ1n) is 32.0.